The molecular formula is C14H16F2N2O. The van der Waals surface area contributed by atoms with E-state index in [0.717, 1.165) is 19.0 Å². The summed E-state index contributed by atoms with van der Waals surface area (Å²) in [6.07, 6.45) is 0.918. The summed E-state index contributed by atoms with van der Waals surface area (Å²) in [6.45, 7) is 3.03. The van der Waals surface area contributed by atoms with E-state index in [1.807, 2.05) is 6.92 Å². The molecule has 2 aromatic rings. The van der Waals surface area contributed by atoms with Gasteiger partial charge in [-0.2, -0.15) is 0 Å². The van der Waals surface area contributed by atoms with Gasteiger partial charge in [-0.1, -0.05) is 6.92 Å². The van der Waals surface area contributed by atoms with Crippen LogP contribution in [0.3, 0.4) is 0 Å². The number of aromatic nitrogens is 1. The summed E-state index contributed by atoms with van der Waals surface area (Å²) < 4.78 is 32.1. The lowest BCUT2D eigenvalue weighted by Crippen LogP contribution is -2.04. The zero-order valence-corrected chi connectivity index (χ0v) is 11.0. The molecule has 2 rings (SSSR count). The molecule has 1 heterocycles. The first-order valence-electron chi connectivity index (χ1n) is 6.17. The van der Waals surface area contributed by atoms with Crippen LogP contribution < -0.4 is 5.32 Å². The van der Waals surface area contributed by atoms with E-state index < -0.39 is 11.6 Å². The third kappa shape index (κ3) is 2.98. The van der Waals surface area contributed by atoms with Gasteiger partial charge in [-0.25, -0.2) is 13.8 Å². The number of hydrogen-bond donors (Lipinski definition) is 1. The summed E-state index contributed by atoms with van der Waals surface area (Å²) in [5.74, 6) is -1.27. The maximum atomic E-state index is 13.8. The van der Waals surface area contributed by atoms with E-state index in [2.05, 4.69) is 10.3 Å². The summed E-state index contributed by atoms with van der Waals surface area (Å²) in [6, 6.07) is 3.90. The van der Waals surface area contributed by atoms with Gasteiger partial charge in [0.25, 0.3) is 0 Å². The van der Waals surface area contributed by atoms with E-state index in [-0.39, 0.29) is 12.1 Å². The van der Waals surface area contributed by atoms with Crippen molar-refractivity contribution in [2.24, 2.45) is 0 Å². The van der Waals surface area contributed by atoms with Gasteiger partial charge in [-0.15, -0.1) is 0 Å². The Morgan fingerprint density at radius 2 is 2.05 bits per heavy atom. The Hall–Kier alpha value is -1.75. The summed E-state index contributed by atoms with van der Waals surface area (Å²) in [4.78, 5) is 4.17. The van der Waals surface area contributed by atoms with E-state index in [4.69, 9.17) is 4.74 Å². The van der Waals surface area contributed by atoms with Gasteiger partial charge >= 0.3 is 0 Å². The molecule has 0 saturated carbocycles. The van der Waals surface area contributed by atoms with Crippen molar-refractivity contribution in [3.05, 3.63) is 35.5 Å². The van der Waals surface area contributed by atoms with Crippen molar-refractivity contribution in [3.8, 4) is 0 Å². The van der Waals surface area contributed by atoms with Crippen molar-refractivity contribution < 1.29 is 13.5 Å². The fourth-order valence-corrected chi connectivity index (χ4v) is 1.93. The molecule has 1 N–H and O–H groups in total. The lowest BCUT2D eigenvalue weighted by atomic mass is 10.1. The van der Waals surface area contributed by atoms with Gasteiger partial charge in [0, 0.05) is 30.8 Å². The molecule has 0 aliphatic rings. The average molecular weight is 266 g/mol. The average Bonchev–Trinajstić information content (AvgIpc) is 2.37. The fraction of sp³-hybridized carbons (Fsp3) is 0.357. The highest BCUT2D eigenvalue weighted by Gasteiger charge is 2.11. The molecule has 3 nitrogen and oxygen atoms in total. The molecule has 0 saturated heterocycles. The lowest BCUT2D eigenvalue weighted by molar-refractivity contribution is 0.182. The van der Waals surface area contributed by atoms with E-state index >= 15 is 0 Å². The Kier molecular flexibility index (Phi) is 4.27. The molecule has 0 unspecified atom stereocenters. The van der Waals surface area contributed by atoms with Crippen LogP contribution in [0.5, 0.6) is 0 Å². The van der Waals surface area contributed by atoms with E-state index in [9.17, 15) is 8.78 Å². The van der Waals surface area contributed by atoms with Crippen molar-refractivity contribution in [3.63, 3.8) is 0 Å². The number of halogens is 2. The Bertz CT molecular complexity index is 587. The van der Waals surface area contributed by atoms with Crippen LogP contribution in [0.25, 0.3) is 10.9 Å². The Morgan fingerprint density at radius 3 is 2.74 bits per heavy atom. The highest BCUT2D eigenvalue weighted by Crippen LogP contribution is 2.26. The molecule has 0 bridgehead atoms. The molecule has 1 aromatic heterocycles. The molecule has 0 atom stereocenters. The van der Waals surface area contributed by atoms with Crippen LogP contribution in [0.4, 0.5) is 14.5 Å². The molecule has 0 aliphatic heterocycles. The first-order valence-corrected chi connectivity index (χ1v) is 6.17. The molecular weight excluding hydrogens is 250 g/mol. The monoisotopic (exact) mass is 266 g/mol. The maximum Gasteiger partial charge on any atom is 0.152 e. The number of pyridine rings is 1. The number of hydrogen-bond acceptors (Lipinski definition) is 3. The zero-order valence-electron chi connectivity index (χ0n) is 11.0. The quantitative estimate of drug-likeness (QED) is 0.899. The molecule has 0 spiro atoms. The van der Waals surface area contributed by atoms with Crippen LogP contribution in [0.15, 0.2) is 18.2 Å². The summed E-state index contributed by atoms with van der Waals surface area (Å²) in [5, 5.41) is 3.61. The fourth-order valence-electron chi connectivity index (χ4n) is 1.93. The summed E-state index contributed by atoms with van der Waals surface area (Å²) in [5.41, 5.74) is 1.45. The Labute approximate surface area is 110 Å². The largest absolute Gasteiger partial charge is 0.384 e. The summed E-state index contributed by atoms with van der Waals surface area (Å²) in [7, 11) is 1.55. The second-order valence-electron chi connectivity index (χ2n) is 4.30. The maximum absolute atomic E-state index is 13.8. The van der Waals surface area contributed by atoms with Crippen LogP contribution in [-0.4, -0.2) is 18.6 Å². The number of nitrogens with zero attached hydrogens (tertiary/aromatic N) is 1. The number of ether oxygens (including phenoxy) is 1. The molecule has 5 heteroatoms. The van der Waals surface area contributed by atoms with Gasteiger partial charge in [0.15, 0.2) is 5.82 Å². The predicted octanol–water partition coefficient (Wildman–Crippen LogP) is 3.48. The standard InChI is InChI=1S/C14H16F2N2O/c1-3-4-17-13-7-10(8-19-2)18-14-11(13)5-9(15)6-12(14)16/h5-7H,3-4,8H2,1-2H3,(H,17,18). The van der Waals surface area contributed by atoms with Crippen LogP contribution in [0.1, 0.15) is 19.0 Å². The molecule has 0 fully saturated rings. The first kappa shape index (κ1) is 13.7. The van der Waals surface area contributed by atoms with Gasteiger partial charge in [0.2, 0.25) is 0 Å². The molecule has 0 radical (unpaired) electrons. The van der Waals surface area contributed by atoms with Gasteiger partial charge in [-0.3, -0.25) is 0 Å². The SMILES string of the molecule is CCCNc1cc(COC)nc2c(F)cc(F)cc12. The van der Waals surface area contributed by atoms with Crippen LogP contribution >= 0.6 is 0 Å². The van der Waals surface area contributed by atoms with Crippen LogP contribution in [0.2, 0.25) is 0 Å². The Morgan fingerprint density at radius 1 is 1.26 bits per heavy atom. The Balaban J connectivity index is 2.60. The van der Waals surface area contributed by atoms with E-state index in [1.165, 1.54) is 6.07 Å². The van der Waals surface area contributed by atoms with Crippen LogP contribution in [-0.2, 0) is 11.3 Å². The normalized spacial score (nSPS) is 10.9. The van der Waals surface area contributed by atoms with E-state index in [1.54, 1.807) is 13.2 Å². The zero-order chi connectivity index (χ0) is 13.8. The van der Waals surface area contributed by atoms with Crippen molar-refractivity contribution in [2.45, 2.75) is 20.0 Å². The third-order valence-corrected chi connectivity index (χ3v) is 2.74. The van der Waals surface area contributed by atoms with Crippen molar-refractivity contribution in [1.29, 1.82) is 0 Å². The highest BCUT2D eigenvalue weighted by molar-refractivity contribution is 5.91. The van der Waals surface area contributed by atoms with Crippen LogP contribution in [0, 0.1) is 11.6 Å². The van der Waals surface area contributed by atoms with Gasteiger partial charge in [-0.05, 0) is 18.6 Å². The second-order valence-corrected chi connectivity index (χ2v) is 4.30. The predicted molar refractivity (Wildman–Crippen MR) is 71.2 cm³/mol. The third-order valence-electron chi connectivity index (χ3n) is 2.74. The number of benzene rings is 1. The van der Waals surface area contributed by atoms with Crippen molar-refractivity contribution >= 4 is 16.6 Å². The van der Waals surface area contributed by atoms with Gasteiger partial charge < -0.3 is 10.1 Å². The molecule has 102 valence electrons. The number of rotatable bonds is 5. The summed E-state index contributed by atoms with van der Waals surface area (Å²) >= 11 is 0. The highest BCUT2D eigenvalue weighted by atomic mass is 19.1. The van der Waals surface area contributed by atoms with Gasteiger partial charge in [0.1, 0.15) is 11.3 Å². The van der Waals surface area contributed by atoms with Crippen molar-refractivity contribution in [2.75, 3.05) is 19.0 Å². The minimum Gasteiger partial charge on any atom is -0.384 e. The minimum atomic E-state index is -0.660. The van der Waals surface area contributed by atoms with E-state index in [0.29, 0.717) is 16.8 Å². The smallest absolute Gasteiger partial charge is 0.152 e. The molecule has 0 amide bonds. The van der Waals surface area contributed by atoms with Crippen molar-refractivity contribution in [1.82, 2.24) is 4.98 Å². The number of methoxy groups -OCH3 is 1. The number of fused-ring (bicyclic) bond motifs is 1. The number of anilines is 1. The molecule has 19 heavy (non-hydrogen) atoms. The lowest BCUT2D eigenvalue weighted by Gasteiger charge is -2.11. The minimum absolute atomic E-state index is 0.162. The van der Waals surface area contributed by atoms with Gasteiger partial charge in [0.05, 0.1) is 12.3 Å². The topological polar surface area (TPSA) is 34.1 Å². The first-order chi connectivity index (χ1) is 9.15. The molecule has 0 aliphatic carbocycles. The number of nitrogens with one attached hydrogen (secondary N) is 1. The second kappa shape index (κ2) is 5.93. The molecule has 1 aromatic carbocycles.